The first kappa shape index (κ1) is 25.8. The highest BCUT2D eigenvalue weighted by atomic mass is 16.5. The molecule has 1 N–H and O–H groups in total. The van der Waals surface area contributed by atoms with Gasteiger partial charge in [-0.3, -0.25) is 9.79 Å². The van der Waals surface area contributed by atoms with Crippen molar-refractivity contribution in [3.63, 3.8) is 0 Å². The minimum atomic E-state index is 0.00438. The number of amides is 1. The Morgan fingerprint density at radius 3 is 2.57 bits per heavy atom. The predicted octanol–water partition coefficient (Wildman–Crippen LogP) is 2.61. The van der Waals surface area contributed by atoms with E-state index in [9.17, 15) is 4.79 Å². The van der Waals surface area contributed by atoms with Gasteiger partial charge in [0, 0.05) is 49.3 Å². The van der Waals surface area contributed by atoms with Crippen molar-refractivity contribution in [2.75, 3.05) is 37.7 Å². The molecule has 1 amide bonds. The zero-order valence-corrected chi connectivity index (χ0v) is 23.0. The van der Waals surface area contributed by atoms with Gasteiger partial charge in [-0.05, 0) is 18.9 Å². The molecule has 0 fully saturated rings. The van der Waals surface area contributed by atoms with Crippen LogP contribution in [0.4, 0.5) is 11.4 Å². The Balaban J connectivity index is 0.957. The van der Waals surface area contributed by atoms with Crippen LogP contribution < -0.4 is 35.1 Å². The molecule has 3 aliphatic rings. The molecule has 3 aliphatic heterocycles. The number of aromatic nitrogens is 4. The number of ether oxygens (including phenoxy) is 3. The summed E-state index contributed by atoms with van der Waals surface area (Å²) in [5.74, 6) is 3.80. The van der Waals surface area contributed by atoms with Gasteiger partial charge >= 0.3 is 0 Å². The maximum atomic E-state index is 12.6. The van der Waals surface area contributed by atoms with E-state index in [0.29, 0.717) is 79.9 Å². The summed E-state index contributed by atoms with van der Waals surface area (Å²) in [6.45, 7) is 5.39. The van der Waals surface area contributed by atoms with Gasteiger partial charge in [0.2, 0.25) is 11.7 Å². The van der Waals surface area contributed by atoms with E-state index in [1.807, 2.05) is 48.5 Å². The molecule has 0 saturated carbocycles. The Morgan fingerprint density at radius 2 is 1.71 bits per heavy atom. The number of benzene rings is 3. The Hall–Kier alpha value is -5.13. The fourth-order valence-corrected chi connectivity index (χ4v) is 5.09. The molecule has 4 aromatic rings. The molecule has 0 radical (unpaired) electrons. The van der Waals surface area contributed by atoms with Gasteiger partial charge in [0.05, 0.1) is 18.8 Å². The molecule has 0 aliphatic carbocycles. The molecule has 0 spiro atoms. The SMILES string of the molecule is Cc1nnc(-c2ccc(CNC(=O)CCCN3CCOc4cc5c(cc43)Oc3cc4c(cc3=N5)OCCN=4)cc2)nn1. The number of aryl methyl sites for hydroxylation is 1. The fraction of sp³-hybridized carbons (Fsp3) is 0.300. The third kappa shape index (κ3) is 5.30. The molecule has 42 heavy (non-hydrogen) atoms. The summed E-state index contributed by atoms with van der Waals surface area (Å²) in [6, 6.07) is 15.3. The second kappa shape index (κ2) is 11.0. The number of fused-ring (bicyclic) bond motifs is 4. The molecule has 0 unspecified atom stereocenters. The van der Waals surface area contributed by atoms with E-state index in [4.69, 9.17) is 19.2 Å². The van der Waals surface area contributed by atoms with E-state index in [0.717, 1.165) is 40.2 Å². The second-order valence-electron chi connectivity index (χ2n) is 10.2. The maximum Gasteiger partial charge on any atom is 0.220 e. The summed E-state index contributed by atoms with van der Waals surface area (Å²) in [5, 5.41) is 20.5. The highest BCUT2D eigenvalue weighted by Gasteiger charge is 2.24. The normalized spacial score (nSPS) is 14.4. The van der Waals surface area contributed by atoms with Crippen molar-refractivity contribution in [2.45, 2.75) is 26.3 Å². The number of hydrogen-bond donors (Lipinski definition) is 1. The number of hydrogen-bond acceptors (Lipinski definition) is 11. The molecule has 7 rings (SSSR count). The lowest BCUT2D eigenvalue weighted by molar-refractivity contribution is -0.121. The summed E-state index contributed by atoms with van der Waals surface area (Å²) in [5.41, 5.74) is 3.46. The third-order valence-corrected chi connectivity index (χ3v) is 7.24. The van der Waals surface area contributed by atoms with E-state index in [2.05, 4.69) is 35.6 Å². The number of carbonyl (C=O) groups excluding carboxylic acids is 1. The number of nitrogens with zero attached hydrogens (tertiary/aromatic N) is 7. The molecular weight excluding hydrogens is 536 g/mol. The molecule has 0 bridgehead atoms. The number of anilines is 1. The quantitative estimate of drug-likeness (QED) is 0.316. The van der Waals surface area contributed by atoms with Gasteiger partial charge in [0.15, 0.2) is 17.3 Å². The van der Waals surface area contributed by atoms with Gasteiger partial charge in [-0.1, -0.05) is 24.3 Å². The van der Waals surface area contributed by atoms with Crippen LogP contribution in [0.3, 0.4) is 0 Å². The summed E-state index contributed by atoms with van der Waals surface area (Å²) in [6.07, 6.45) is 1.12. The van der Waals surface area contributed by atoms with Crippen LogP contribution in [-0.4, -0.2) is 59.1 Å². The second-order valence-corrected chi connectivity index (χ2v) is 10.2. The summed E-state index contributed by atoms with van der Waals surface area (Å²) in [4.78, 5) is 24.1. The van der Waals surface area contributed by atoms with E-state index >= 15 is 0 Å². The first-order valence-corrected chi connectivity index (χ1v) is 13.9. The first-order valence-electron chi connectivity index (χ1n) is 13.9. The van der Waals surface area contributed by atoms with Crippen molar-refractivity contribution in [3.05, 3.63) is 70.6 Å². The van der Waals surface area contributed by atoms with Crippen LogP contribution in [0, 0.1) is 6.92 Å². The molecule has 212 valence electrons. The van der Waals surface area contributed by atoms with Gasteiger partial charge in [-0.25, -0.2) is 4.99 Å². The van der Waals surface area contributed by atoms with Crippen LogP contribution >= 0.6 is 0 Å². The zero-order chi connectivity index (χ0) is 28.5. The summed E-state index contributed by atoms with van der Waals surface area (Å²) < 4.78 is 17.9. The first-order chi connectivity index (χ1) is 20.6. The zero-order valence-electron chi connectivity index (χ0n) is 23.0. The molecule has 0 saturated heterocycles. The van der Waals surface area contributed by atoms with E-state index in [1.165, 1.54) is 0 Å². The van der Waals surface area contributed by atoms with Crippen molar-refractivity contribution in [2.24, 2.45) is 9.98 Å². The molecule has 12 nitrogen and oxygen atoms in total. The van der Waals surface area contributed by atoms with Crippen LogP contribution in [0.1, 0.15) is 24.2 Å². The molecular formula is C30H28N8O4. The average Bonchev–Trinajstić information content (AvgIpc) is 3.01. The van der Waals surface area contributed by atoms with Gasteiger partial charge in [0.1, 0.15) is 41.1 Å². The van der Waals surface area contributed by atoms with Crippen molar-refractivity contribution in [1.29, 1.82) is 0 Å². The predicted molar refractivity (Wildman–Crippen MR) is 152 cm³/mol. The van der Waals surface area contributed by atoms with Gasteiger partial charge < -0.3 is 24.4 Å². The van der Waals surface area contributed by atoms with Crippen LogP contribution in [-0.2, 0) is 11.3 Å². The number of nitrogens with one attached hydrogen (secondary N) is 1. The maximum absolute atomic E-state index is 12.6. The van der Waals surface area contributed by atoms with Crippen molar-refractivity contribution >= 4 is 17.3 Å². The smallest absolute Gasteiger partial charge is 0.220 e. The molecule has 3 aromatic carbocycles. The van der Waals surface area contributed by atoms with Crippen molar-refractivity contribution < 1.29 is 19.0 Å². The summed E-state index contributed by atoms with van der Waals surface area (Å²) >= 11 is 0. The number of rotatable bonds is 7. The van der Waals surface area contributed by atoms with Gasteiger partial charge in [-0.15, -0.1) is 20.4 Å². The molecule has 12 heteroatoms. The third-order valence-electron chi connectivity index (χ3n) is 7.24. The van der Waals surface area contributed by atoms with Crippen molar-refractivity contribution in [1.82, 2.24) is 25.7 Å². The van der Waals surface area contributed by atoms with Crippen LogP contribution in [0.25, 0.3) is 11.4 Å². The largest absolute Gasteiger partial charge is 0.489 e. The van der Waals surface area contributed by atoms with E-state index in [-0.39, 0.29) is 5.91 Å². The Morgan fingerprint density at radius 1 is 0.905 bits per heavy atom. The van der Waals surface area contributed by atoms with Crippen LogP contribution in [0.15, 0.2) is 58.5 Å². The summed E-state index contributed by atoms with van der Waals surface area (Å²) in [7, 11) is 0. The van der Waals surface area contributed by atoms with Gasteiger partial charge in [0.25, 0.3) is 0 Å². The van der Waals surface area contributed by atoms with Crippen molar-refractivity contribution in [3.8, 4) is 34.4 Å². The van der Waals surface area contributed by atoms with E-state index < -0.39 is 0 Å². The minimum Gasteiger partial charge on any atom is -0.489 e. The standard InChI is InChI=1S/C30H28N8O4/c1-18-34-36-30(37-35-18)20-6-4-19(5-7-20)17-32-29(39)3-2-9-38-10-12-41-28-15-23-27(16-24(28)38)42-26-13-21-25(14-22(26)33-23)40-11-8-31-21/h4-7,13-16H,2-3,8-12,17H2,1H3,(H,32,39). The number of carbonyl (C=O) groups is 1. The van der Waals surface area contributed by atoms with E-state index in [1.54, 1.807) is 6.92 Å². The monoisotopic (exact) mass is 564 g/mol. The highest BCUT2D eigenvalue weighted by molar-refractivity contribution is 5.76. The molecule has 0 atom stereocenters. The van der Waals surface area contributed by atoms with Gasteiger partial charge in [-0.2, -0.15) is 0 Å². The fourth-order valence-electron chi connectivity index (χ4n) is 5.09. The molecule has 1 aromatic heterocycles. The lowest BCUT2D eigenvalue weighted by Gasteiger charge is -2.32. The lowest BCUT2D eigenvalue weighted by Crippen LogP contribution is -2.34. The topological polar surface area (TPSA) is 136 Å². The lowest BCUT2D eigenvalue weighted by atomic mass is 10.1. The van der Waals surface area contributed by atoms with Crippen LogP contribution in [0.2, 0.25) is 0 Å². The Bertz CT molecular complexity index is 1780. The van der Waals surface area contributed by atoms with Crippen LogP contribution in [0.5, 0.6) is 23.0 Å². The Labute approximate surface area is 241 Å². The highest BCUT2D eigenvalue weighted by Crippen LogP contribution is 2.44. The Kier molecular flexibility index (Phi) is 6.78. The molecule has 4 heterocycles. The average molecular weight is 565 g/mol. The minimum absolute atomic E-state index is 0.00438.